The molecule has 3 aliphatic rings. The van der Waals surface area contributed by atoms with Gasteiger partial charge < -0.3 is 10.2 Å². The average molecular weight is 401 g/mol. The summed E-state index contributed by atoms with van der Waals surface area (Å²) in [4.78, 5) is 0. The van der Waals surface area contributed by atoms with Gasteiger partial charge in [0, 0.05) is 6.42 Å². The zero-order chi connectivity index (χ0) is 21.2. The molecule has 164 valence electrons. The molecule has 3 saturated carbocycles. The molecule has 0 radical (unpaired) electrons. The molecule has 0 aromatic rings. The van der Waals surface area contributed by atoms with Crippen molar-refractivity contribution in [3.8, 4) is 0 Å². The van der Waals surface area contributed by atoms with Crippen LogP contribution in [0, 0.1) is 29.1 Å². The van der Waals surface area contributed by atoms with Crippen LogP contribution in [-0.2, 0) is 0 Å². The molecule has 0 aliphatic heterocycles. The van der Waals surface area contributed by atoms with Gasteiger partial charge in [0.1, 0.15) is 0 Å². The van der Waals surface area contributed by atoms with Gasteiger partial charge in [-0.1, -0.05) is 71.3 Å². The van der Waals surface area contributed by atoms with Gasteiger partial charge >= 0.3 is 0 Å². The fourth-order valence-electron chi connectivity index (χ4n) is 6.73. The van der Waals surface area contributed by atoms with Crippen molar-refractivity contribution < 1.29 is 10.2 Å². The van der Waals surface area contributed by atoms with E-state index in [4.69, 9.17) is 0 Å². The second kappa shape index (κ2) is 9.52. The van der Waals surface area contributed by atoms with Gasteiger partial charge in [-0.05, 0) is 78.8 Å². The van der Waals surface area contributed by atoms with Crippen LogP contribution in [-0.4, -0.2) is 22.4 Å². The van der Waals surface area contributed by atoms with Crippen LogP contribution >= 0.6 is 0 Å². The number of allylic oxidation sites excluding steroid dienone is 3. The summed E-state index contributed by atoms with van der Waals surface area (Å²) in [6.45, 7) is 13.8. The Morgan fingerprint density at radius 2 is 1.90 bits per heavy atom. The molecule has 0 aromatic heterocycles. The molecule has 2 nitrogen and oxygen atoms in total. The highest BCUT2D eigenvalue weighted by molar-refractivity contribution is 5.38. The number of fused-ring (bicyclic) bond motifs is 1. The van der Waals surface area contributed by atoms with E-state index in [1.165, 1.54) is 51.4 Å². The molecule has 0 spiro atoms. The summed E-state index contributed by atoms with van der Waals surface area (Å²) in [7, 11) is 0. The molecular weight excluding hydrogens is 356 g/mol. The second-order valence-corrected chi connectivity index (χ2v) is 11.0. The lowest BCUT2D eigenvalue weighted by atomic mass is 9.60. The van der Waals surface area contributed by atoms with Crippen molar-refractivity contribution in [1.29, 1.82) is 0 Å². The van der Waals surface area contributed by atoms with E-state index in [-0.39, 0.29) is 0 Å². The van der Waals surface area contributed by atoms with E-state index in [1.807, 2.05) is 0 Å². The summed E-state index contributed by atoms with van der Waals surface area (Å²) in [6, 6.07) is 0. The predicted octanol–water partition coefficient (Wildman–Crippen LogP) is 6.59. The lowest BCUT2D eigenvalue weighted by molar-refractivity contribution is 0.0861. The molecule has 0 aromatic carbocycles. The zero-order valence-corrected chi connectivity index (χ0v) is 19.3. The maximum absolute atomic E-state index is 10.1. The quantitative estimate of drug-likeness (QED) is 0.528. The largest absolute Gasteiger partial charge is 0.393 e. The molecular formula is C27H44O2. The smallest absolute Gasteiger partial charge is 0.0811 e. The van der Waals surface area contributed by atoms with E-state index in [0.717, 1.165) is 28.9 Å². The van der Waals surface area contributed by atoms with Gasteiger partial charge in [-0.25, -0.2) is 0 Å². The number of aliphatic hydroxyl groups excluding tert-OH is 2. The Labute approximate surface area is 179 Å². The van der Waals surface area contributed by atoms with Crippen LogP contribution in [0.1, 0.15) is 91.9 Å². The number of hydrogen-bond acceptors (Lipinski definition) is 2. The lowest BCUT2D eigenvalue weighted by Crippen LogP contribution is -2.36. The van der Waals surface area contributed by atoms with Gasteiger partial charge in [-0.2, -0.15) is 0 Å². The Bertz CT molecular complexity index is 643. The first-order chi connectivity index (χ1) is 13.7. The highest BCUT2D eigenvalue weighted by Crippen LogP contribution is 2.59. The predicted molar refractivity (Wildman–Crippen MR) is 123 cm³/mol. The minimum atomic E-state index is -0.595. The van der Waals surface area contributed by atoms with E-state index in [1.54, 1.807) is 5.57 Å². The van der Waals surface area contributed by atoms with Crippen molar-refractivity contribution in [3.63, 3.8) is 0 Å². The van der Waals surface area contributed by atoms with Crippen molar-refractivity contribution in [1.82, 2.24) is 0 Å². The maximum Gasteiger partial charge on any atom is 0.0811 e. The zero-order valence-electron chi connectivity index (χ0n) is 19.3. The second-order valence-electron chi connectivity index (χ2n) is 11.0. The third-order valence-electron chi connectivity index (χ3n) is 8.43. The molecule has 2 heteroatoms. The molecule has 29 heavy (non-hydrogen) atoms. The Balaban J connectivity index is 1.71. The Kier molecular flexibility index (Phi) is 7.49. The van der Waals surface area contributed by atoms with Crippen LogP contribution in [0.4, 0.5) is 0 Å². The summed E-state index contributed by atoms with van der Waals surface area (Å²) in [5, 5.41) is 20.2. The van der Waals surface area contributed by atoms with Crippen LogP contribution in [0.2, 0.25) is 0 Å². The minimum absolute atomic E-state index is 0.420. The van der Waals surface area contributed by atoms with Crippen molar-refractivity contribution in [2.24, 2.45) is 29.1 Å². The van der Waals surface area contributed by atoms with Gasteiger partial charge in [0.2, 0.25) is 0 Å². The van der Waals surface area contributed by atoms with Gasteiger partial charge in [0.15, 0.2) is 0 Å². The van der Waals surface area contributed by atoms with Crippen LogP contribution in [0.5, 0.6) is 0 Å². The highest BCUT2D eigenvalue weighted by Gasteiger charge is 2.50. The first kappa shape index (κ1) is 22.8. The Morgan fingerprint density at radius 3 is 2.62 bits per heavy atom. The van der Waals surface area contributed by atoms with E-state index in [0.29, 0.717) is 24.2 Å². The van der Waals surface area contributed by atoms with Crippen molar-refractivity contribution in [2.45, 2.75) is 104 Å². The van der Waals surface area contributed by atoms with Crippen molar-refractivity contribution in [2.75, 3.05) is 0 Å². The van der Waals surface area contributed by atoms with E-state index < -0.39 is 12.2 Å². The molecule has 3 fully saturated rings. The third-order valence-corrected chi connectivity index (χ3v) is 8.43. The van der Waals surface area contributed by atoms with Crippen LogP contribution < -0.4 is 0 Å². The molecule has 6 atom stereocenters. The summed E-state index contributed by atoms with van der Waals surface area (Å²) < 4.78 is 0. The first-order valence-electron chi connectivity index (χ1n) is 12.2. The molecule has 2 N–H and O–H groups in total. The van der Waals surface area contributed by atoms with Gasteiger partial charge in [0.05, 0.1) is 12.2 Å². The van der Waals surface area contributed by atoms with E-state index in [9.17, 15) is 10.2 Å². The van der Waals surface area contributed by atoms with Crippen LogP contribution in [0.15, 0.2) is 35.5 Å². The Morgan fingerprint density at radius 1 is 1.14 bits per heavy atom. The third kappa shape index (κ3) is 5.07. The molecule has 3 aliphatic carbocycles. The van der Waals surface area contributed by atoms with Gasteiger partial charge in [0.25, 0.3) is 0 Å². The van der Waals surface area contributed by atoms with Gasteiger partial charge in [-0.3, -0.25) is 0 Å². The van der Waals surface area contributed by atoms with E-state index >= 15 is 0 Å². The number of aliphatic hydroxyl groups is 2. The fourth-order valence-corrected chi connectivity index (χ4v) is 6.73. The van der Waals surface area contributed by atoms with Crippen molar-refractivity contribution >= 4 is 0 Å². The standard InChI is InChI=1S/C27H44O2/c1-18(2)8-6-9-19(3)24-13-14-25-21(10-7-15-27(24,25)5)11-12-22-16-23(28)17-26(29)20(22)4/h11-12,18-19,23-26,28-29H,4,6-10,13-17H2,1-3,5H3/b21-11-,22-12-/t19-,23-,24-,25+,26+,27-/m1/s1. The molecule has 0 heterocycles. The molecule has 0 unspecified atom stereocenters. The van der Waals surface area contributed by atoms with E-state index in [2.05, 4.69) is 46.4 Å². The highest BCUT2D eigenvalue weighted by atomic mass is 16.3. The minimum Gasteiger partial charge on any atom is -0.393 e. The number of rotatable bonds is 6. The molecule has 0 saturated heterocycles. The summed E-state index contributed by atoms with van der Waals surface area (Å²) in [5.74, 6) is 3.20. The van der Waals surface area contributed by atoms with Crippen LogP contribution in [0.25, 0.3) is 0 Å². The maximum atomic E-state index is 10.1. The molecule has 3 rings (SSSR count). The fraction of sp³-hybridized carbons (Fsp3) is 0.778. The van der Waals surface area contributed by atoms with Gasteiger partial charge in [-0.15, -0.1) is 0 Å². The molecule has 0 amide bonds. The monoisotopic (exact) mass is 400 g/mol. The number of hydrogen-bond donors (Lipinski definition) is 2. The SMILES string of the molecule is C=C1/C(=C\C=C2\CCC[C@]3(C)[C@@H]([C@H](C)CCCC(C)C)CC[C@@H]23)C[C@@H](O)C[C@@H]1O. The molecule has 0 bridgehead atoms. The lowest BCUT2D eigenvalue weighted by Gasteiger charge is -2.44. The normalized spacial score (nSPS) is 39.3. The van der Waals surface area contributed by atoms with Crippen molar-refractivity contribution in [3.05, 3.63) is 35.5 Å². The topological polar surface area (TPSA) is 40.5 Å². The summed E-state index contributed by atoms with van der Waals surface area (Å²) in [5.41, 5.74) is 3.88. The summed E-state index contributed by atoms with van der Waals surface area (Å²) in [6.07, 6.45) is 15.2. The first-order valence-corrected chi connectivity index (χ1v) is 12.2. The Hall–Kier alpha value is -0.860. The average Bonchev–Trinajstić information content (AvgIpc) is 3.00. The van der Waals surface area contributed by atoms with Crippen LogP contribution in [0.3, 0.4) is 0 Å². The summed E-state index contributed by atoms with van der Waals surface area (Å²) >= 11 is 0.